The molecule has 1 amide bonds. The SMILES string of the molecule is CC(=O)N1[C@H](C(=O)OC[C@]23C[C@H](O)C4[C@@H](CCC5=CC(=O)C=C[C@@]54C)C2C[C@@H](C)[C@@H]3C(=O)O)CSC1(C)C. The van der Waals surface area contributed by atoms with Gasteiger partial charge >= 0.3 is 11.9 Å². The molecule has 5 rings (SSSR count). The zero-order valence-corrected chi connectivity index (χ0v) is 23.6. The molecule has 0 radical (unpaired) electrons. The van der Waals surface area contributed by atoms with Crippen LogP contribution in [0.3, 0.4) is 0 Å². The predicted octanol–water partition coefficient (Wildman–Crippen LogP) is 3.44. The molecule has 1 aliphatic heterocycles. The second-order valence-electron chi connectivity index (χ2n) is 12.8. The molecule has 0 bridgehead atoms. The Hall–Kier alpha value is -2.13. The number of rotatable bonds is 4. The number of aliphatic hydroxyl groups is 1. The van der Waals surface area contributed by atoms with Crippen molar-refractivity contribution in [2.75, 3.05) is 12.4 Å². The molecule has 1 saturated heterocycles. The van der Waals surface area contributed by atoms with Crippen LogP contribution in [-0.4, -0.2) is 68.1 Å². The van der Waals surface area contributed by atoms with Crippen molar-refractivity contribution in [3.8, 4) is 0 Å². The zero-order chi connectivity index (χ0) is 27.8. The molecule has 0 aromatic carbocycles. The highest BCUT2D eigenvalue weighted by Crippen LogP contribution is 2.67. The minimum Gasteiger partial charge on any atom is -0.481 e. The van der Waals surface area contributed by atoms with Crippen molar-refractivity contribution < 1.29 is 34.1 Å². The number of allylic oxidation sites excluding steroid dienone is 4. The Morgan fingerprint density at radius 1 is 1.24 bits per heavy atom. The first-order chi connectivity index (χ1) is 17.7. The van der Waals surface area contributed by atoms with Crippen molar-refractivity contribution in [2.24, 2.45) is 40.4 Å². The molecule has 0 aromatic rings. The molecule has 38 heavy (non-hydrogen) atoms. The molecule has 208 valence electrons. The third-order valence-corrected chi connectivity index (χ3v) is 11.8. The molecule has 0 spiro atoms. The number of carbonyl (C=O) groups is 4. The predicted molar refractivity (Wildman–Crippen MR) is 142 cm³/mol. The summed E-state index contributed by atoms with van der Waals surface area (Å²) < 4.78 is 5.96. The summed E-state index contributed by atoms with van der Waals surface area (Å²) in [5.74, 6) is -2.26. The first kappa shape index (κ1) is 27.4. The lowest BCUT2D eigenvalue weighted by molar-refractivity contribution is -0.179. The van der Waals surface area contributed by atoms with Crippen LogP contribution in [0.15, 0.2) is 23.8 Å². The smallest absolute Gasteiger partial charge is 0.329 e. The number of nitrogens with zero attached hydrogens (tertiary/aromatic N) is 1. The normalized spacial score (nSPS) is 43.1. The van der Waals surface area contributed by atoms with Crippen LogP contribution in [0, 0.1) is 40.4 Å². The second-order valence-corrected chi connectivity index (χ2v) is 14.4. The Bertz CT molecular complexity index is 1130. The molecule has 1 heterocycles. The van der Waals surface area contributed by atoms with Gasteiger partial charge in [0.25, 0.3) is 0 Å². The average Bonchev–Trinajstić information content (AvgIpc) is 3.30. The van der Waals surface area contributed by atoms with E-state index in [1.165, 1.54) is 18.7 Å². The molecule has 4 fully saturated rings. The van der Waals surface area contributed by atoms with Gasteiger partial charge in [-0.3, -0.25) is 14.4 Å². The lowest BCUT2D eigenvalue weighted by atomic mass is 9.46. The number of aliphatic carboxylic acids is 1. The number of ether oxygens (including phenoxy) is 1. The zero-order valence-electron chi connectivity index (χ0n) is 22.8. The van der Waals surface area contributed by atoms with Gasteiger partial charge in [-0.25, -0.2) is 4.79 Å². The average molecular weight is 546 g/mol. The van der Waals surface area contributed by atoms with Gasteiger partial charge in [0.2, 0.25) is 5.91 Å². The van der Waals surface area contributed by atoms with Crippen molar-refractivity contribution in [1.82, 2.24) is 4.90 Å². The van der Waals surface area contributed by atoms with E-state index >= 15 is 0 Å². The number of carboxylic acids is 1. The Morgan fingerprint density at radius 3 is 2.61 bits per heavy atom. The van der Waals surface area contributed by atoms with E-state index in [1.807, 2.05) is 26.8 Å². The fourth-order valence-corrected chi connectivity index (χ4v) is 10.3. The van der Waals surface area contributed by atoms with E-state index < -0.39 is 45.7 Å². The number of amides is 1. The third-order valence-electron chi connectivity index (χ3n) is 10.4. The largest absolute Gasteiger partial charge is 0.481 e. The van der Waals surface area contributed by atoms with E-state index in [-0.39, 0.29) is 48.4 Å². The third kappa shape index (κ3) is 3.98. The van der Waals surface area contributed by atoms with Crippen LogP contribution in [0.4, 0.5) is 0 Å². The molecule has 5 aliphatic rings. The monoisotopic (exact) mass is 545 g/mol. The van der Waals surface area contributed by atoms with Crippen LogP contribution in [-0.2, 0) is 23.9 Å². The van der Waals surface area contributed by atoms with Crippen LogP contribution < -0.4 is 0 Å². The van der Waals surface area contributed by atoms with Crippen LogP contribution in [0.2, 0.25) is 0 Å². The maximum atomic E-state index is 13.4. The molecule has 2 unspecified atom stereocenters. The van der Waals surface area contributed by atoms with Crippen molar-refractivity contribution in [3.05, 3.63) is 23.8 Å². The maximum absolute atomic E-state index is 13.4. The van der Waals surface area contributed by atoms with E-state index in [0.29, 0.717) is 12.2 Å². The summed E-state index contributed by atoms with van der Waals surface area (Å²) in [6.07, 6.45) is 6.80. The standard InChI is InChI=1S/C29H39NO7S/c1-15-10-20-19-7-6-17-11-18(32)8-9-28(17,5)24(19)22(33)12-29(20,23(15)25(34)35)14-37-26(36)21-13-38-27(3,4)30(21)16(2)31/h8-9,11,15,19-24,33H,6-7,10,12-14H2,1-5H3,(H,34,35)/t15-,19+,20?,21+,22+,23-,24?,28+,29-/m1/s1. The molecule has 2 N–H and O–H groups in total. The highest BCUT2D eigenvalue weighted by molar-refractivity contribution is 8.00. The van der Waals surface area contributed by atoms with E-state index in [2.05, 4.69) is 6.92 Å². The van der Waals surface area contributed by atoms with Crippen LogP contribution in [0.25, 0.3) is 0 Å². The molecule has 8 nitrogen and oxygen atoms in total. The van der Waals surface area contributed by atoms with E-state index in [9.17, 15) is 29.4 Å². The van der Waals surface area contributed by atoms with E-state index in [1.54, 1.807) is 17.1 Å². The van der Waals surface area contributed by atoms with Gasteiger partial charge in [0.15, 0.2) is 5.78 Å². The van der Waals surface area contributed by atoms with Crippen molar-refractivity contribution >= 4 is 35.4 Å². The lowest BCUT2D eigenvalue weighted by Crippen LogP contribution is -2.59. The van der Waals surface area contributed by atoms with Crippen molar-refractivity contribution in [1.29, 1.82) is 0 Å². The topological polar surface area (TPSA) is 121 Å². The van der Waals surface area contributed by atoms with E-state index in [4.69, 9.17) is 4.74 Å². The number of ketones is 1. The second kappa shape index (κ2) is 9.22. The van der Waals surface area contributed by atoms with E-state index in [0.717, 1.165) is 18.4 Å². The molecular weight excluding hydrogens is 506 g/mol. The highest BCUT2D eigenvalue weighted by atomic mass is 32.2. The highest BCUT2D eigenvalue weighted by Gasteiger charge is 2.67. The molecular formula is C29H39NO7S. The minimum absolute atomic E-state index is 0.0317. The minimum atomic E-state index is -0.921. The number of carbonyl (C=O) groups excluding carboxylic acids is 3. The van der Waals surface area contributed by atoms with Gasteiger partial charge in [-0.05, 0) is 69.4 Å². The number of fused-ring (bicyclic) bond motifs is 5. The van der Waals surface area contributed by atoms with Crippen molar-refractivity contribution in [2.45, 2.75) is 77.3 Å². The molecule has 9 atom stereocenters. The van der Waals surface area contributed by atoms with Gasteiger partial charge in [-0.1, -0.05) is 25.5 Å². The Balaban J connectivity index is 1.46. The Morgan fingerprint density at radius 2 is 1.95 bits per heavy atom. The Kier molecular flexibility index (Phi) is 6.66. The van der Waals surface area contributed by atoms with Crippen molar-refractivity contribution in [3.63, 3.8) is 0 Å². The molecule has 4 aliphatic carbocycles. The first-order valence-corrected chi connectivity index (χ1v) is 14.7. The lowest BCUT2D eigenvalue weighted by Gasteiger charge is -2.59. The van der Waals surface area contributed by atoms with Crippen LogP contribution in [0.1, 0.15) is 60.3 Å². The summed E-state index contributed by atoms with van der Waals surface area (Å²) in [4.78, 5) is 51.5. The van der Waals surface area contributed by atoms with Gasteiger partial charge in [0, 0.05) is 29.4 Å². The molecule has 9 heteroatoms. The number of hydrogen-bond acceptors (Lipinski definition) is 7. The summed E-state index contributed by atoms with van der Waals surface area (Å²) >= 11 is 1.52. The van der Waals surface area contributed by atoms with Crippen LogP contribution in [0.5, 0.6) is 0 Å². The Labute approximate surface area is 228 Å². The summed E-state index contributed by atoms with van der Waals surface area (Å²) in [7, 11) is 0. The van der Waals surface area contributed by atoms with Gasteiger partial charge < -0.3 is 19.8 Å². The van der Waals surface area contributed by atoms with Gasteiger partial charge in [0.1, 0.15) is 6.04 Å². The summed E-state index contributed by atoms with van der Waals surface area (Å²) in [6, 6.07) is -0.725. The fraction of sp³-hybridized carbons (Fsp3) is 0.724. The fourth-order valence-electron chi connectivity index (χ4n) is 9.07. The number of hydrogen-bond donors (Lipinski definition) is 2. The maximum Gasteiger partial charge on any atom is 0.329 e. The quantitative estimate of drug-likeness (QED) is 0.516. The summed E-state index contributed by atoms with van der Waals surface area (Å²) in [5, 5.41) is 22.1. The van der Waals surface area contributed by atoms with Crippen LogP contribution >= 0.6 is 11.8 Å². The number of carboxylic acid groups (broad SMARTS) is 1. The summed E-state index contributed by atoms with van der Waals surface area (Å²) in [5.41, 5.74) is -0.316. The summed E-state index contributed by atoms with van der Waals surface area (Å²) in [6.45, 7) is 9.19. The first-order valence-electron chi connectivity index (χ1n) is 13.7. The van der Waals surface area contributed by atoms with Gasteiger partial charge in [0.05, 0.1) is 23.5 Å². The number of aliphatic hydroxyl groups excluding tert-OH is 1. The number of esters is 1. The number of thioether (sulfide) groups is 1. The molecule has 0 aromatic heterocycles. The van der Waals surface area contributed by atoms with Gasteiger partial charge in [-0.2, -0.15) is 0 Å². The molecule has 3 saturated carbocycles. The van der Waals surface area contributed by atoms with Gasteiger partial charge in [-0.15, -0.1) is 11.8 Å².